The van der Waals surface area contributed by atoms with Crippen LogP contribution in [0.2, 0.25) is 0 Å². The molecule has 0 aliphatic carbocycles. The minimum Gasteiger partial charge on any atom is -0.309 e. The van der Waals surface area contributed by atoms with Gasteiger partial charge in [0.15, 0.2) is 0 Å². The quantitative estimate of drug-likeness (QED) is 0.823. The third-order valence-electron chi connectivity index (χ3n) is 3.83. The first-order valence-corrected chi connectivity index (χ1v) is 8.03. The molecule has 1 unspecified atom stereocenters. The Hall–Kier alpha value is -1.12. The fourth-order valence-corrected chi connectivity index (χ4v) is 3.22. The van der Waals surface area contributed by atoms with Crippen molar-refractivity contribution in [2.24, 2.45) is 0 Å². The molecule has 20 heavy (non-hydrogen) atoms. The van der Waals surface area contributed by atoms with Gasteiger partial charge in [-0.25, -0.2) is 0 Å². The number of nitrogens with one attached hydrogen (secondary N) is 1. The van der Waals surface area contributed by atoms with E-state index in [0.717, 1.165) is 17.3 Å². The lowest BCUT2D eigenvalue weighted by Crippen LogP contribution is -2.18. The Kier molecular flexibility index (Phi) is 5.38. The minimum atomic E-state index is 0.224. The number of benzene rings is 2. The fourth-order valence-electron chi connectivity index (χ4n) is 2.71. The van der Waals surface area contributed by atoms with Gasteiger partial charge in [0.2, 0.25) is 0 Å². The highest BCUT2D eigenvalue weighted by Gasteiger charge is 2.15. The van der Waals surface area contributed by atoms with E-state index in [2.05, 4.69) is 77.6 Å². The lowest BCUT2D eigenvalue weighted by molar-refractivity contribution is 0.687. The molecule has 2 heteroatoms. The zero-order chi connectivity index (χ0) is 14.5. The third-order valence-corrected chi connectivity index (χ3v) is 4.55. The second-order valence-corrected chi connectivity index (χ2v) is 5.83. The first-order chi connectivity index (χ1) is 9.71. The molecule has 0 saturated heterocycles. The van der Waals surface area contributed by atoms with Gasteiger partial charge in [0.25, 0.3) is 0 Å². The van der Waals surface area contributed by atoms with Gasteiger partial charge in [0.1, 0.15) is 0 Å². The molecule has 106 valence electrons. The first-order valence-electron chi connectivity index (χ1n) is 7.24. The Morgan fingerprint density at radius 2 is 1.70 bits per heavy atom. The zero-order valence-electron chi connectivity index (χ0n) is 12.4. The Bertz CT molecular complexity index is 577. The van der Waals surface area contributed by atoms with E-state index in [9.17, 15) is 0 Å². The van der Waals surface area contributed by atoms with Crippen molar-refractivity contribution in [2.45, 2.75) is 32.7 Å². The Balaban J connectivity index is 2.45. The molecule has 0 bridgehead atoms. The van der Waals surface area contributed by atoms with Crippen LogP contribution in [-0.2, 0) is 12.8 Å². The van der Waals surface area contributed by atoms with Gasteiger partial charge in [-0.2, -0.15) is 0 Å². The highest BCUT2D eigenvalue weighted by Crippen LogP contribution is 2.29. The topological polar surface area (TPSA) is 12.0 Å². The van der Waals surface area contributed by atoms with E-state index in [1.54, 1.807) is 0 Å². The summed E-state index contributed by atoms with van der Waals surface area (Å²) >= 11 is 3.66. The van der Waals surface area contributed by atoms with Crippen molar-refractivity contribution in [3.63, 3.8) is 0 Å². The largest absolute Gasteiger partial charge is 0.309 e. The number of halogens is 1. The lowest BCUT2D eigenvalue weighted by atomic mass is 9.93. The van der Waals surface area contributed by atoms with Crippen LogP contribution in [0.3, 0.4) is 0 Å². The molecular weight excluding hydrogens is 310 g/mol. The van der Waals surface area contributed by atoms with Crippen molar-refractivity contribution in [1.82, 2.24) is 5.32 Å². The second kappa shape index (κ2) is 7.05. The highest BCUT2D eigenvalue weighted by atomic mass is 79.9. The summed E-state index contributed by atoms with van der Waals surface area (Å²) in [5.74, 6) is 0. The van der Waals surface area contributed by atoms with E-state index in [-0.39, 0.29) is 6.04 Å². The van der Waals surface area contributed by atoms with Crippen LogP contribution in [0.25, 0.3) is 0 Å². The van der Waals surface area contributed by atoms with Crippen LogP contribution in [0.1, 0.15) is 42.1 Å². The molecule has 0 radical (unpaired) electrons. The molecule has 0 fully saturated rings. The van der Waals surface area contributed by atoms with Crippen LogP contribution in [0.15, 0.2) is 46.9 Å². The molecule has 0 aliphatic heterocycles. The first kappa shape index (κ1) is 15.3. The van der Waals surface area contributed by atoms with E-state index in [4.69, 9.17) is 0 Å². The molecule has 1 N–H and O–H groups in total. The summed E-state index contributed by atoms with van der Waals surface area (Å²) in [6, 6.07) is 15.5. The fraction of sp³-hybridized carbons (Fsp3) is 0.333. The standard InChI is InChI=1S/C18H22BrN/c1-4-13-10-11-15(12-14(13)5-2)18(20-3)16-8-6-7-9-17(16)19/h6-12,18,20H,4-5H2,1-3H3. The summed E-state index contributed by atoms with van der Waals surface area (Å²) in [5.41, 5.74) is 5.52. The number of rotatable bonds is 5. The average molecular weight is 332 g/mol. The monoisotopic (exact) mass is 331 g/mol. The molecule has 0 spiro atoms. The molecular formula is C18H22BrN. The van der Waals surface area contributed by atoms with Crippen LogP contribution >= 0.6 is 15.9 Å². The zero-order valence-corrected chi connectivity index (χ0v) is 14.0. The van der Waals surface area contributed by atoms with Crippen molar-refractivity contribution in [3.05, 3.63) is 69.2 Å². The average Bonchev–Trinajstić information content (AvgIpc) is 2.49. The second-order valence-electron chi connectivity index (χ2n) is 4.98. The maximum absolute atomic E-state index is 3.66. The SMILES string of the molecule is CCc1ccc(C(NC)c2ccccc2Br)cc1CC. The summed E-state index contributed by atoms with van der Waals surface area (Å²) in [5, 5.41) is 3.43. The third kappa shape index (κ3) is 3.13. The summed E-state index contributed by atoms with van der Waals surface area (Å²) in [6.07, 6.45) is 2.19. The molecule has 2 aromatic carbocycles. The Labute approximate surface area is 130 Å². The van der Waals surface area contributed by atoms with E-state index in [1.165, 1.54) is 22.3 Å². The van der Waals surface area contributed by atoms with Crippen molar-refractivity contribution < 1.29 is 0 Å². The van der Waals surface area contributed by atoms with E-state index in [0.29, 0.717) is 0 Å². The maximum atomic E-state index is 3.66. The molecule has 0 heterocycles. The maximum Gasteiger partial charge on any atom is 0.0585 e. The number of hydrogen-bond acceptors (Lipinski definition) is 1. The van der Waals surface area contributed by atoms with Crippen LogP contribution in [0, 0.1) is 0 Å². The van der Waals surface area contributed by atoms with Gasteiger partial charge in [-0.1, -0.05) is 66.2 Å². The molecule has 1 nitrogen and oxygen atoms in total. The van der Waals surface area contributed by atoms with E-state index >= 15 is 0 Å². The Morgan fingerprint density at radius 3 is 2.30 bits per heavy atom. The van der Waals surface area contributed by atoms with Crippen LogP contribution < -0.4 is 5.32 Å². The van der Waals surface area contributed by atoms with Gasteiger partial charge < -0.3 is 5.32 Å². The van der Waals surface area contributed by atoms with Gasteiger partial charge >= 0.3 is 0 Å². The normalized spacial score (nSPS) is 12.4. The van der Waals surface area contributed by atoms with Crippen molar-refractivity contribution in [3.8, 4) is 0 Å². The van der Waals surface area contributed by atoms with E-state index < -0.39 is 0 Å². The summed E-state index contributed by atoms with van der Waals surface area (Å²) < 4.78 is 1.15. The molecule has 2 rings (SSSR count). The van der Waals surface area contributed by atoms with Crippen LogP contribution in [0.4, 0.5) is 0 Å². The smallest absolute Gasteiger partial charge is 0.0585 e. The van der Waals surface area contributed by atoms with Crippen molar-refractivity contribution in [2.75, 3.05) is 7.05 Å². The molecule has 0 aromatic heterocycles. The summed E-state index contributed by atoms with van der Waals surface area (Å²) in [4.78, 5) is 0. The van der Waals surface area contributed by atoms with Gasteiger partial charge in [-0.05, 0) is 48.2 Å². The van der Waals surface area contributed by atoms with Gasteiger partial charge in [0.05, 0.1) is 6.04 Å². The molecule has 0 amide bonds. The molecule has 0 aliphatic rings. The lowest BCUT2D eigenvalue weighted by Gasteiger charge is -2.20. The number of aryl methyl sites for hydroxylation is 2. The summed E-state index contributed by atoms with van der Waals surface area (Å²) in [7, 11) is 2.02. The van der Waals surface area contributed by atoms with E-state index in [1.807, 2.05) is 7.05 Å². The molecule has 1 atom stereocenters. The molecule has 2 aromatic rings. The van der Waals surface area contributed by atoms with Crippen molar-refractivity contribution >= 4 is 15.9 Å². The van der Waals surface area contributed by atoms with Crippen LogP contribution in [0.5, 0.6) is 0 Å². The van der Waals surface area contributed by atoms with Gasteiger partial charge in [-0.15, -0.1) is 0 Å². The van der Waals surface area contributed by atoms with Gasteiger partial charge in [-0.3, -0.25) is 0 Å². The van der Waals surface area contributed by atoms with Crippen molar-refractivity contribution in [1.29, 1.82) is 0 Å². The Morgan fingerprint density at radius 1 is 1.00 bits per heavy atom. The predicted octanol–water partition coefficient (Wildman–Crippen LogP) is 4.88. The number of hydrogen-bond donors (Lipinski definition) is 1. The highest BCUT2D eigenvalue weighted by molar-refractivity contribution is 9.10. The van der Waals surface area contributed by atoms with Gasteiger partial charge in [0, 0.05) is 4.47 Å². The predicted molar refractivity (Wildman–Crippen MR) is 90.2 cm³/mol. The summed E-state index contributed by atoms with van der Waals surface area (Å²) in [6.45, 7) is 4.45. The minimum absolute atomic E-state index is 0.224. The van der Waals surface area contributed by atoms with Crippen LogP contribution in [-0.4, -0.2) is 7.05 Å². The molecule has 0 saturated carbocycles.